The number of halogens is 5. The Balaban J connectivity index is 2.20. The Morgan fingerprint density at radius 3 is 2.12 bits per heavy atom. The third-order valence-corrected chi connectivity index (χ3v) is 4.28. The molecule has 0 amide bonds. The first kappa shape index (κ1) is 17.6. The Bertz CT molecular complexity index is 927. The van der Waals surface area contributed by atoms with Crippen molar-refractivity contribution < 1.29 is 13.2 Å². The Morgan fingerprint density at radius 2 is 1.56 bits per heavy atom. The van der Waals surface area contributed by atoms with E-state index in [0.717, 1.165) is 24.3 Å². The fourth-order valence-electron chi connectivity index (χ4n) is 2.62. The van der Waals surface area contributed by atoms with Crippen LogP contribution in [0.2, 0.25) is 10.0 Å². The smallest absolute Gasteiger partial charge is 0.136 e. The molecule has 8 heteroatoms. The zero-order chi connectivity index (χ0) is 18.3. The second-order valence-corrected chi connectivity index (χ2v) is 6.21. The standard InChI is InChI=1S/C17H12Cl2F3N3/c1-8-14(15-12(21)4-3-5-13(15)22)17(25(2)24-8)23-16-10(18)6-9(20)7-11(16)19/h3-7,23H,1-2H3. The average Bonchev–Trinajstić information content (AvgIpc) is 2.77. The second kappa shape index (κ2) is 6.61. The number of nitrogens with one attached hydrogen (secondary N) is 1. The van der Waals surface area contributed by atoms with Crippen molar-refractivity contribution in [3.63, 3.8) is 0 Å². The van der Waals surface area contributed by atoms with E-state index >= 15 is 0 Å². The zero-order valence-electron chi connectivity index (χ0n) is 13.2. The lowest BCUT2D eigenvalue weighted by Crippen LogP contribution is -2.02. The molecule has 0 radical (unpaired) electrons. The Kier molecular flexibility index (Phi) is 4.67. The largest absolute Gasteiger partial charge is 0.337 e. The Labute approximate surface area is 152 Å². The van der Waals surface area contributed by atoms with Gasteiger partial charge in [0.2, 0.25) is 0 Å². The maximum atomic E-state index is 14.2. The van der Waals surface area contributed by atoms with Crippen LogP contribution < -0.4 is 5.32 Å². The molecule has 130 valence electrons. The first-order valence-corrected chi connectivity index (χ1v) is 7.94. The summed E-state index contributed by atoms with van der Waals surface area (Å²) in [6.45, 7) is 1.63. The molecule has 0 unspecified atom stereocenters. The lowest BCUT2D eigenvalue weighted by Gasteiger charge is -2.14. The van der Waals surface area contributed by atoms with Crippen molar-refractivity contribution >= 4 is 34.7 Å². The van der Waals surface area contributed by atoms with Gasteiger partial charge in [0.15, 0.2) is 0 Å². The molecule has 0 aliphatic rings. The van der Waals surface area contributed by atoms with Gasteiger partial charge in [0.25, 0.3) is 0 Å². The number of hydrogen-bond donors (Lipinski definition) is 1. The van der Waals surface area contributed by atoms with Crippen LogP contribution in [0.4, 0.5) is 24.7 Å². The minimum absolute atomic E-state index is 0.0313. The number of hydrogen-bond acceptors (Lipinski definition) is 2. The Morgan fingerprint density at radius 1 is 1.00 bits per heavy atom. The minimum Gasteiger partial charge on any atom is -0.337 e. The van der Waals surface area contributed by atoms with Crippen LogP contribution in [0.1, 0.15) is 5.69 Å². The monoisotopic (exact) mass is 385 g/mol. The van der Waals surface area contributed by atoms with E-state index in [9.17, 15) is 13.2 Å². The number of anilines is 2. The lowest BCUT2D eigenvalue weighted by molar-refractivity contribution is 0.589. The van der Waals surface area contributed by atoms with Gasteiger partial charge in [-0.15, -0.1) is 0 Å². The highest BCUT2D eigenvalue weighted by Crippen LogP contribution is 2.39. The van der Waals surface area contributed by atoms with Gasteiger partial charge in [-0.1, -0.05) is 29.3 Å². The zero-order valence-corrected chi connectivity index (χ0v) is 14.7. The van der Waals surface area contributed by atoms with Gasteiger partial charge in [0, 0.05) is 7.05 Å². The molecule has 3 rings (SSSR count). The van der Waals surface area contributed by atoms with E-state index in [1.807, 2.05) is 0 Å². The van der Waals surface area contributed by atoms with E-state index in [1.165, 1.54) is 10.7 Å². The molecule has 1 N–H and O–H groups in total. The van der Waals surface area contributed by atoms with Crippen molar-refractivity contribution in [2.24, 2.45) is 7.05 Å². The van der Waals surface area contributed by atoms with Crippen LogP contribution >= 0.6 is 23.2 Å². The van der Waals surface area contributed by atoms with E-state index in [1.54, 1.807) is 14.0 Å². The summed E-state index contributed by atoms with van der Waals surface area (Å²) in [4.78, 5) is 0. The molecule has 3 aromatic rings. The predicted octanol–water partition coefficient (Wildman–Crippen LogP) is 5.86. The quantitative estimate of drug-likeness (QED) is 0.611. The van der Waals surface area contributed by atoms with E-state index in [0.29, 0.717) is 5.69 Å². The minimum atomic E-state index is -0.726. The predicted molar refractivity (Wildman–Crippen MR) is 93.0 cm³/mol. The highest BCUT2D eigenvalue weighted by atomic mass is 35.5. The molecule has 3 nitrogen and oxygen atoms in total. The molecule has 1 heterocycles. The number of benzene rings is 2. The summed E-state index contributed by atoms with van der Waals surface area (Å²) in [6, 6.07) is 5.77. The summed E-state index contributed by atoms with van der Waals surface area (Å²) < 4.78 is 43.3. The van der Waals surface area contributed by atoms with E-state index < -0.39 is 17.5 Å². The molecule has 1 aromatic heterocycles. The van der Waals surface area contributed by atoms with Crippen molar-refractivity contribution in [1.29, 1.82) is 0 Å². The molecule has 0 atom stereocenters. The maximum absolute atomic E-state index is 14.2. The van der Waals surface area contributed by atoms with Crippen molar-refractivity contribution in [1.82, 2.24) is 9.78 Å². The van der Waals surface area contributed by atoms with E-state index in [2.05, 4.69) is 10.4 Å². The molecule has 0 bridgehead atoms. The van der Waals surface area contributed by atoms with Gasteiger partial charge in [0.1, 0.15) is 23.3 Å². The van der Waals surface area contributed by atoms with Gasteiger partial charge in [-0.3, -0.25) is 4.68 Å². The fraction of sp³-hybridized carbons (Fsp3) is 0.118. The molecule has 0 aliphatic heterocycles. The van der Waals surface area contributed by atoms with E-state index in [-0.39, 0.29) is 32.7 Å². The normalized spacial score (nSPS) is 11.0. The van der Waals surface area contributed by atoms with Crippen molar-refractivity contribution in [3.8, 4) is 11.1 Å². The molecule has 0 saturated heterocycles. The second-order valence-electron chi connectivity index (χ2n) is 5.40. The first-order valence-electron chi connectivity index (χ1n) is 7.19. The van der Waals surface area contributed by atoms with Gasteiger partial charge >= 0.3 is 0 Å². The number of nitrogens with zero attached hydrogens (tertiary/aromatic N) is 2. The SMILES string of the molecule is Cc1nn(C)c(Nc2c(Cl)cc(F)cc2Cl)c1-c1c(F)cccc1F. The summed E-state index contributed by atoms with van der Waals surface area (Å²) in [5, 5.41) is 7.18. The topological polar surface area (TPSA) is 29.9 Å². The van der Waals surface area contributed by atoms with Crippen molar-refractivity contribution in [2.75, 3.05) is 5.32 Å². The van der Waals surface area contributed by atoms with Gasteiger partial charge in [-0.25, -0.2) is 13.2 Å². The van der Waals surface area contributed by atoms with Crippen LogP contribution in [0, 0.1) is 24.4 Å². The summed E-state index contributed by atoms with van der Waals surface area (Å²) in [5.74, 6) is -1.77. The molecule has 0 spiro atoms. The highest BCUT2D eigenvalue weighted by molar-refractivity contribution is 6.39. The van der Waals surface area contributed by atoms with E-state index in [4.69, 9.17) is 23.2 Å². The molecule has 0 saturated carbocycles. The number of rotatable bonds is 3. The third kappa shape index (κ3) is 3.19. The van der Waals surface area contributed by atoms with Crippen molar-refractivity contribution in [2.45, 2.75) is 6.92 Å². The van der Waals surface area contributed by atoms with Crippen LogP contribution in [0.3, 0.4) is 0 Å². The van der Waals surface area contributed by atoms with Gasteiger partial charge < -0.3 is 5.32 Å². The summed E-state index contributed by atoms with van der Waals surface area (Å²) in [7, 11) is 1.60. The lowest BCUT2D eigenvalue weighted by atomic mass is 10.0. The maximum Gasteiger partial charge on any atom is 0.136 e. The van der Waals surface area contributed by atoms with Gasteiger partial charge in [-0.05, 0) is 31.2 Å². The van der Waals surface area contributed by atoms with Crippen LogP contribution in [0.15, 0.2) is 30.3 Å². The van der Waals surface area contributed by atoms with Crippen LogP contribution in [-0.2, 0) is 7.05 Å². The summed E-state index contributed by atoms with van der Waals surface area (Å²) >= 11 is 12.1. The molecular formula is C17H12Cl2F3N3. The molecule has 0 fully saturated rings. The highest BCUT2D eigenvalue weighted by Gasteiger charge is 2.23. The Hall–Kier alpha value is -2.18. The van der Waals surface area contributed by atoms with Gasteiger partial charge in [-0.2, -0.15) is 5.10 Å². The molecular weight excluding hydrogens is 374 g/mol. The van der Waals surface area contributed by atoms with Crippen LogP contribution in [0.25, 0.3) is 11.1 Å². The molecule has 25 heavy (non-hydrogen) atoms. The van der Waals surface area contributed by atoms with Crippen LogP contribution in [-0.4, -0.2) is 9.78 Å². The van der Waals surface area contributed by atoms with Gasteiger partial charge in [0.05, 0.1) is 32.6 Å². The average molecular weight is 386 g/mol. The summed E-state index contributed by atoms with van der Waals surface area (Å²) in [5.41, 5.74) is 0.633. The number of aryl methyl sites for hydroxylation is 2. The van der Waals surface area contributed by atoms with Crippen LogP contribution in [0.5, 0.6) is 0 Å². The third-order valence-electron chi connectivity index (χ3n) is 3.69. The fourth-order valence-corrected chi connectivity index (χ4v) is 3.17. The first-order chi connectivity index (χ1) is 11.8. The van der Waals surface area contributed by atoms with Crippen molar-refractivity contribution in [3.05, 3.63) is 63.5 Å². The summed E-state index contributed by atoms with van der Waals surface area (Å²) in [6.07, 6.45) is 0. The molecule has 0 aliphatic carbocycles. The number of aromatic nitrogens is 2. The molecule has 2 aromatic carbocycles.